The van der Waals surface area contributed by atoms with E-state index in [9.17, 15) is 4.79 Å². The molecule has 1 fully saturated rings. The van der Waals surface area contributed by atoms with Crippen molar-refractivity contribution in [3.8, 4) is 5.75 Å². The Hall–Kier alpha value is -1.35. The van der Waals surface area contributed by atoms with Gasteiger partial charge in [-0.15, -0.1) is 0 Å². The molecule has 0 N–H and O–H groups in total. The molecule has 0 radical (unpaired) electrons. The molecule has 0 saturated carbocycles. The number of hydrogen-bond acceptors (Lipinski definition) is 3. The summed E-state index contributed by atoms with van der Waals surface area (Å²) in [6.07, 6.45) is 3.11. The SMILES string of the molecule is CCC(=O)c1ccccc1OCCN1CCCC1. The van der Waals surface area contributed by atoms with Gasteiger partial charge in [0.05, 0.1) is 5.56 Å². The molecule has 1 aliphatic rings. The minimum absolute atomic E-state index is 0.145. The maximum atomic E-state index is 11.8. The van der Waals surface area contributed by atoms with Gasteiger partial charge in [0.15, 0.2) is 5.78 Å². The third kappa shape index (κ3) is 3.33. The summed E-state index contributed by atoms with van der Waals surface area (Å²) in [5.41, 5.74) is 0.710. The summed E-state index contributed by atoms with van der Waals surface area (Å²) in [6.45, 7) is 5.85. The average Bonchev–Trinajstić information content (AvgIpc) is 2.92. The Morgan fingerprint density at radius 2 is 2.00 bits per heavy atom. The van der Waals surface area contributed by atoms with E-state index in [4.69, 9.17) is 4.74 Å². The van der Waals surface area contributed by atoms with Crippen molar-refractivity contribution in [1.29, 1.82) is 0 Å². The van der Waals surface area contributed by atoms with E-state index in [-0.39, 0.29) is 5.78 Å². The highest BCUT2D eigenvalue weighted by molar-refractivity contribution is 5.98. The van der Waals surface area contributed by atoms with Gasteiger partial charge in [0.2, 0.25) is 0 Å². The van der Waals surface area contributed by atoms with Gasteiger partial charge in [0, 0.05) is 13.0 Å². The third-order valence-corrected chi connectivity index (χ3v) is 3.37. The van der Waals surface area contributed by atoms with E-state index in [0.29, 0.717) is 18.6 Å². The molecule has 1 aromatic rings. The van der Waals surface area contributed by atoms with Gasteiger partial charge in [-0.25, -0.2) is 0 Å². The molecule has 3 heteroatoms. The zero-order valence-corrected chi connectivity index (χ0v) is 11.0. The smallest absolute Gasteiger partial charge is 0.166 e. The molecule has 1 aliphatic heterocycles. The summed E-state index contributed by atoms with van der Waals surface area (Å²) in [6, 6.07) is 7.53. The van der Waals surface area contributed by atoms with E-state index in [0.717, 1.165) is 12.3 Å². The molecule has 0 unspecified atom stereocenters. The second-order valence-electron chi connectivity index (χ2n) is 4.67. The van der Waals surface area contributed by atoms with Gasteiger partial charge in [-0.05, 0) is 38.1 Å². The molecule has 0 aromatic heterocycles. The lowest BCUT2D eigenvalue weighted by Gasteiger charge is -2.16. The van der Waals surface area contributed by atoms with Crippen LogP contribution >= 0.6 is 0 Å². The number of para-hydroxylation sites is 1. The van der Waals surface area contributed by atoms with Crippen molar-refractivity contribution in [1.82, 2.24) is 4.90 Å². The van der Waals surface area contributed by atoms with Gasteiger partial charge in [-0.2, -0.15) is 0 Å². The Balaban J connectivity index is 1.89. The van der Waals surface area contributed by atoms with Crippen molar-refractivity contribution >= 4 is 5.78 Å². The highest BCUT2D eigenvalue weighted by Crippen LogP contribution is 2.19. The molecule has 1 aromatic carbocycles. The summed E-state index contributed by atoms with van der Waals surface area (Å²) >= 11 is 0. The van der Waals surface area contributed by atoms with Crippen molar-refractivity contribution in [2.45, 2.75) is 26.2 Å². The van der Waals surface area contributed by atoms with Crippen LogP contribution < -0.4 is 4.74 Å². The van der Waals surface area contributed by atoms with E-state index in [1.807, 2.05) is 31.2 Å². The number of ketones is 1. The first kappa shape index (κ1) is 13.1. The zero-order chi connectivity index (χ0) is 12.8. The number of Topliss-reactive ketones (excluding diaryl/α,β-unsaturated/α-hetero) is 1. The van der Waals surface area contributed by atoms with Crippen LogP contribution in [-0.2, 0) is 0 Å². The predicted octanol–water partition coefficient (Wildman–Crippen LogP) is 2.75. The van der Waals surface area contributed by atoms with Gasteiger partial charge >= 0.3 is 0 Å². The highest BCUT2D eigenvalue weighted by Gasteiger charge is 2.13. The molecule has 3 nitrogen and oxygen atoms in total. The Labute approximate surface area is 109 Å². The average molecular weight is 247 g/mol. The minimum Gasteiger partial charge on any atom is -0.491 e. The monoisotopic (exact) mass is 247 g/mol. The predicted molar refractivity (Wildman–Crippen MR) is 72.2 cm³/mol. The van der Waals surface area contributed by atoms with Crippen LogP contribution in [0.4, 0.5) is 0 Å². The Kier molecular flexibility index (Phi) is 4.76. The molecule has 98 valence electrons. The van der Waals surface area contributed by atoms with E-state index in [1.165, 1.54) is 25.9 Å². The topological polar surface area (TPSA) is 29.5 Å². The van der Waals surface area contributed by atoms with Gasteiger partial charge in [-0.1, -0.05) is 19.1 Å². The third-order valence-electron chi connectivity index (χ3n) is 3.37. The zero-order valence-electron chi connectivity index (χ0n) is 11.0. The van der Waals surface area contributed by atoms with Crippen molar-refractivity contribution < 1.29 is 9.53 Å². The van der Waals surface area contributed by atoms with Crippen LogP contribution in [0.5, 0.6) is 5.75 Å². The lowest BCUT2D eigenvalue weighted by atomic mass is 10.1. The number of rotatable bonds is 6. The largest absolute Gasteiger partial charge is 0.491 e. The van der Waals surface area contributed by atoms with Crippen LogP contribution in [0.3, 0.4) is 0 Å². The Morgan fingerprint density at radius 1 is 1.28 bits per heavy atom. The summed E-state index contributed by atoms with van der Waals surface area (Å²) in [5.74, 6) is 0.871. The first-order chi connectivity index (χ1) is 8.81. The lowest BCUT2D eigenvalue weighted by molar-refractivity contribution is 0.0983. The molecule has 18 heavy (non-hydrogen) atoms. The quantitative estimate of drug-likeness (QED) is 0.724. The van der Waals surface area contributed by atoms with E-state index in [2.05, 4.69) is 4.90 Å². The van der Waals surface area contributed by atoms with Crippen molar-refractivity contribution in [3.05, 3.63) is 29.8 Å². The first-order valence-corrected chi connectivity index (χ1v) is 6.78. The fourth-order valence-corrected chi connectivity index (χ4v) is 2.30. The van der Waals surface area contributed by atoms with Gasteiger partial charge in [-0.3, -0.25) is 9.69 Å². The maximum absolute atomic E-state index is 11.8. The lowest BCUT2D eigenvalue weighted by Crippen LogP contribution is -2.25. The van der Waals surface area contributed by atoms with E-state index >= 15 is 0 Å². The molecule has 1 heterocycles. The first-order valence-electron chi connectivity index (χ1n) is 6.78. The summed E-state index contributed by atoms with van der Waals surface area (Å²) in [7, 11) is 0. The van der Waals surface area contributed by atoms with Crippen molar-refractivity contribution in [2.24, 2.45) is 0 Å². The standard InChI is InChI=1S/C15H21NO2/c1-2-14(17)13-7-3-4-8-15(13)18-12-11-16-9-5-6-10-16/h3-4,7-8H,2,5-6,9-12H2,1H3. The molecule has 0 aliphatic carbocycles. The number of benzene rings is 1. The normalized spacial score (nSPS) is 15.8. The Morgan fingerprint density at radius 3 is 2.72 bits per heavy atom. The number of ether oxygens (including phenoxy) is 1. The van der Waals surface area contributed by atoms with E-state index < -0.39 is 0 Å². The molecular weight excluding hydrogens is 226 g/mol. The number of likely N-dealkylation sites (tertiary alicyclic amines) is 1. The van der Waals surface area contributed by atoms with Crippen LogP contribution in [-0.4, -0.2) is 36.9 Å². The van der Waals surface area contributed by atoms with Gasteiger partial charge in [0.1, 0.15) is 12.4 Å². The summed E-state index contributed by atoms with van der Waals surface area (Å²) in [5, 5.41) is 0. The molecule has 0 amide bonds. The molecular formula is C15H21NO2. The van der Waals surface area contributed by atoms with Crippen LogP contribution in [0.25, 0.3) is 0 Å². The number of hydrogen-bond donors (Lipinski definition) is 0. The van der Waals surface area contributed by atoms with Gasteiger partial charge < -0.3 is 4.74 Å². The molecule has 1 saturated heterocycles. The second kappa shape index (κ2) is 6.55. The molecule has 0 atom stereocenters. The molecule has 0 spiro atoms. The van der Waals surface area contributed by atoms with Crippen molar-refractivity contribution in [2.75, 3.05) is 26.2 Å². The van der Waals surface area contributed by atoms with Crippen LogP contribution in [0.15, 0.2) is 24.3 Å². The van der Waals surface area contributed by atoms with Crippen LogP contribution in [0.2, 0.25) is 0 Å². The number of nitrogens with zero attached hydrogens (tertiary/aromatic N) is 1. The molecule has 2 rings (SSSR count). The maximum Gasteiger partial charge on any atom is 0.166 e. The number of carbonyl (C=O) groups is 1. The summed E-state index contributed by atoms with van der Waals surface area (Å²) < 4.78 is 5.76. The second-order valence-corrected chi connectivity index (χ2v) is 4.67. The van der Waals surface area contributed by atoms with Crippen molar-refractivity contribution in [3.63, 3.8) is 0 Å². The van der Waals surface area contributed by atoms with Gasteiger partial charge in [0.25, 0.3) is 0 Å². The van der Waals surface area contributed by atoms with E-state index in [1.54, 1.807) is 0 Å². The van der Waals surface area contributed by atoms with Crippen LogP contribution in [0.1, 0.15) is 36.5 Å². The fourth-order valence-electron chi connectivity index (χ4n) is 2.30. The summed E-state index contributed by atoms with van der Waals surface area (Å²) in [4.78, 5) is 14.2. The number of carbonyl (C=O) groups excluding carboxylic acids is 1. The fraction of sp³-hybridized carbons (Fsp3) is 0.533. The highest BCUT2D eigenvalue weighted by atomic mass is 16.5. The Bertz CT molecular complexity index is 397. The minimum atomic E-state index is 0.145. The molecule has 0 bridgehead atoms. The van der Waals surface area contributed by atoms with Crippen LogP contribution in [0, 0.1) is 0 Å².